The Labute approximate surface area is 265 Å². The van der Waals surface area contributed by atoms with Crippen molar-refractivity contribution in [1.29, 1.82) is 0 Å². The smallest absolute Gasteiger partial charge is 0.186 e. The predicted octanol–water partition coefficient (Wildman–Crippen LogP) is 4.18. The van der Waals surface area contributed by atoms with Crippen LogP contribution in [0.1, 0.15) is 107 Å². The summed E-state index contributed by atoms with van der Waals surface area (Å²) in [5.74, 6) is 0.804. The molecule has 5 aliphatic rings. The largest absolute Gasteiger partial charge is 0.394 e. The zero-order chi connectivity index (χ0) is 32.6. The van der Waals surface area contributed by atoms with Crippen LogP contribution in [0, 0.1) is 51.2 Å². The van der Waals surface area contributed by atoms with Crippen molar-refractivity contribution in [3.05, 3.63) is 11.6 Å². The van der Waals surface area contributed by atoms with Gasteiger partial charge in [-0.2, -0.15) is 0 Å². The lowest BCUT2D eigenvalue weighted by atomic mass is 9.35. The number of aliphatic hydroxyl groups is 6. The standard InChI is InChI=1S/C36H62O8/c1-19(2)9-10-20(3)31(44-32-30(42)29(41)28(40)23(18-37)43-32)21-11-15-36(8)27(21)22(38)17-25-34(6)14-13-26(39)33(4,5)24(34)12-16-35(25,36)7/h9,20-32,37-42H,10-18H2,1-8H3. The van der Waals surface area contributed by atoms with Crippen molar-refractivity contribution in [1.82, 2.24) is 0 Å². The summed E-state index contributed by atoms with van der Waals surface area (Å²) in [4.78, 5) is 0. The van der Waals surface area contributed by atoms with Crippen LogP contribution in [0.2, 0.25) is 0 Å². The van der Waals surface area contributed by atoms with Gasteiger partial charge < -0.3 is 40.1 Å². The normalized spacial score (nSPS) is 51.5. The van der Waals surface area contributed by atoms with E-state index in [1.807, 2.05) is 0 Å². The molecule has 16 unspecified atom stereocenters. The molecule has 254 valence electrons. The molecule has 0 bridgehead atoms. The third-order valence-corrected chi connectivity index (χ3v) is 14.4. The highest BCUT2D eigenvalue weighted by Gasteiger charge is 2.71. The number of hydrogen-bond donors (Lipinski definition) is 6. The molecular weight excluding hydrogens is 560 g/mol. The van der Waals surface area contributed by atoms with Gasteiger partial charge in [0.25, 0.3) is 0 Å². The molecule has 1 aliphatic heterocycles. The van der Waals surface area contributed by atoms with Crippen LogP contribution in [0.4, 0.5) is 0 Å². The van der Waals surface area contributed by atoms with Crippen molar-refractivity contribution in [2.75, 3.05) is 6.61 Å². The maximum absolute atomic E-state index is 12.2. The van der Waals surface area contributed by atoms with Gasteiger partial charge in [-0.1, -0.05) is 53.2 Å². The number of ether oxygens (including phenoxy) is 2. The lowest BCUT2D eigenvalue weighted by Crippen LogP contribution is -2.66. The fourth-order valence-corrected chi connectivity index (χ4v) is 11.7. The molecule has 0 aromatic heterocycles. The van der Waals surface area contributed by atoms with E-state index in [1.54, 1.807) is 0 Å². The van der Waals surface area contributed by atoms with Crippen molar-refractivity contribution in [3.63, 3.8) is 0 Å². The van der Waals surface area contributed by atoms with Gasteiger partial charge in [-0.05, 0) is 116 Å². The Bertz CT molecular complexity index is 1060. The lowest BCUT2D eigenvalue weighted by Gasteiger charge is -2.70. The van der Waals surface area contributed by atoms with Crippen molar-refractivity contribution in [2.24, 2.45) is 51.2 Å². The van der Waals surface area contributed by atoms with E-state index in [9.17, 15) is 30.6 Å². The maximum Gasteiger partial charge on any atom is 0.186 e. The van der Waals surface area contributed by atoms with Crippen LogP contribution < -0.4 is 0 Å². The number of aliphatic hydroxyl groups excluding tert-OH is 6. The lowest BCUT2D eigenvalue weighted by molar-refractivity contribution is -0.322. The second-order valence-corrected chi connectivity index (χ2v) is 17.2. The van der Waals surface area contributed by atoms with Crippen LogP contribution in [-0.2, 0) is 9.47 Å². The highest BCUT2D eigenvalue weighted by atomic mass is 16.7. The van der Waals surface area contributed by atoms with Gasteiger partial charge in [-0.15, -0.1) is 0 Å². The van der Waals surface area contributed by atoms with Gasteiger partial charge >= 0.3 is 0 Å². The Morgan fingerprint density at radius 1 is 0.864 bits per heavy atom. The van der Waals surface area contributed by atoms with Crippen molar-refractivity contribution in [2.45, 2.75) is 156 Å². The van der Waals surface area contributed by atoms with Crippen molar-refractivity contribution >= 4 is 0 Å². The number of hydrogen-bond acceptors (Lipinski definition) is 8. The summed E-state index contributed by atoms with van der Waals surface area (Å²) in [6.07, 6.45) is 1.70. The Kier molecular flexibility index (Phi) is 9.59. The first-order valence-electron chi connectivity index (χ1n) is 17.4. The summed E-state index contributed by atoms with van der Waals surface area (Å²) in [6, 6.07) is 0. The first-order chi connectivity index (χ1) is 20.4. The molecular formula is C36H62O8. The molecule has 44 heavy (non-hydrogen) atoms. The van der Waals surface area contributed by atoms with Gasteiger partial charge in [-0.25, -0.2) is 0 Å². The molecule has 8 heteroatoms. The fourth-order valence-electron chi connectivity index (χ4n) is 11.7. The first kappa shape index (κ1) is 34.7. The van der Waals surface area contributed by atoms with Gasteiger partial charge in [-0.3, -0.25) is 0 Å². The van der Waals surface area contributed by atoms with Crippen LogP contribution >= 0.6 is 0 Å². The van der Waals surface area contributed by atoms with Crippen LogP contribution in [0.3, 0.4) is 0 Å². The first-order valence-corrected chi connectivity index (χ1v) is 17.4. The number of allylic oxidation sites excluding steroid dienone is 2. The van der Waals surface area contributed by atoms with E-state index >= 15 is 0 Å². The molecule has 0 aromatic carbocycles. The molecule has 0 aromatic rings. The minimum atomic E-state index is -1.50. The summed E-state index contributed by atoms with van der Waals surface area (Å²) in [7, 11) is 0. The summed E-state index contributed by atoms with van der Waals surface area (Å²) in [5.41, 5.74) is 0.998. The molecule has 8 nitrogen and oxygen atoms in total. The molecule has 0 amide bonds. The minimum absolute atomic E-state index is 0.00451. The quantitative estimate of drug-likeness (QED) is 0.233. The zero-order valence-electron chi connectivity index (χ0n) is 28.4. The van der Waals surface area contributed by atoms with Crippen LogP contribution in [-0.4, -0.2) is 86.3 Å². The van der Waals surface area contributed by atoms with E-state index < -0.39 is 43.4 Å². The molecule has 0 spiro atoms. The van der Waals surface area contributed by atoms with E-state index in [-0.39, 0.29) is 51.6 Å². The van der Waals surface area contributed by atoms with Crippen LogP contribution in [0.25, 0.3) is 0 Å². The highest BCUT2D eigenvalue weighted by Crippen LogP contribution is 2.75. The predicted molar refractivity (Wildman–Crippen MR) is 168 cm³/mol. The summed E-state index contributed by atoms with van der Waals surface area (Å²) < 4.78 is 12.5. The zero-order valence-corrected chi connectivity index (χ0v) is 28.4. The second kappa shape index (κ2) is 12.1. The van der Waals surface area contributed by atoms with Gasteiger partial charge in [0.05, 0.1) is 24.9 Å². The number of fused-ring (bicyclic) bond motifs is 5. The average molecular weight is 623 g/mol. The summed E-state index contributed by atoms with van der Waals surface area (Å²) in [6.45, 7) is 17.6. The highest BCUT2D eigenvalue weighted by molar-refractivity contribution is 5.19. The Hall–Kier alpha value is -0.580. The third kappa shape index (κ3) is 5.26. The molecule has 16 atom stereocenters. The molecule has 5 rings (SSSR count). The van der Waals surface area contributed by atoms with Crippen LogP contribution in [0.5, 0.6) is 0 Å². The van der Waals surface area contributed by atoms with Gasteiger partial charge in [0.1, 0.15) is 24.4 Å². The summed E-state index contributed by atoms with van der Waals surface area (Å²) in [5, 5.41) is 64.9. The molecule has 0 radical (unpaired) electrons. The molecule has 5 fully saturated rings. The second-order valence-electron chi connectivity index (χ2n) is 17.2. The fraction of sp³-hybridized carbons (Fsp3) is 0.944. The molecule has 4 aliphatic carbocycles. The SMILES string of the molecule is CC(C)=CCC(C)C(OC1OC(CO)C(O)C(O)C1O)C1CCC2(C)C1C(O)CC1C3(C)CCC(O)C(C)(C)C3CCC12C. The monoisotopic (exact) mass is 622 g/mol. The topological polar surface area (TPSA) is 140 Å². The Balaban J connectivity index is 1.48. The van der Waals surface area contributed by atoms with Gasteiger partial charge in [0.15, 0.2) is 6.29 Å². The maximum atomic E-state index is 12.2. The molecule has 1 saturated heterocycles. The summed E-state index contributed by atoms with van der Waals surface area (Å²) >= 11 is 0. The molecule has 6 N–H and O–H groups in total. The van der Waals surface area contributed by atoms with Gasteiger partial charge in [0.2, 0.25) is 0 Å². The van der Waals surface area contributed by atoms with E-state index in [0.717, 1.165) is 51.4 Å². The van der Waals surface area contributed by atoms with E-state index in [1.165, 1.54) is 5.57 Å². The van der Waals surface area contributed by atoms with E-state index in [2.05, 4.69) is 61.5 Å². The Morgan fingerprint density at radius 2 is 1.52 bits per heavy atom. The minimum Gasteiger partial charge on any atom is -0.394 e. The van der Waals surface area contributed by atoms with Gasteiger partial charge in [0, 0.05) is 0 Å². The third-order valence-electron chi connectivity index (χ3n) is 14.4. The van der Waals surface area contributed by atoms with E-state index in [4.69, 9.17) is 9.47 Å². The van der Waals surface area contributed by atoms with Crippen molar-refractivity contribution < 1.29 is 40.1 Å². The van der Waals surface area contributed by atoms with Crippen molar-refractivity contribution in [3.8, 4) is 0 Å². The number of rotatable bonds is 7. The van der Waals surface area contributed by atoms with Crippen LogP contribution in [0.15, 0.2) is 11.6 Å². The molecule has 1 heterocycles. The average Bonchev–Trinajstić information content (AvgIpc) is 3.33. The Morgan fingerprint density at radius 3 is 2.16 bits per heavy atom. The van der Waals surface area contributed by atoms with E-state index in [0.29, 0.717) is 11.8 Å². The molecule has 4 saturated carbocycles.